The second-order valence-corrected chi connectivity index (χ2v) is 5.29. The summed E-state index contributed by atoms with van der Waals surface area (Å²) in [6.07, 6.45) is 0.229. The van der Waals surface area contributed by atoms with E-state index in [0.29, 0.717) is 28.2 Å². The van der Waals surface area contributed by atoms with Crippen molar-refractivity contribution in [3.63, 3.8) is 0 Å². The van der Waals surface area contributed by atoms with Gasteiger partial charge in [-0.25, -0.2) is 9.97 Å². The third-order valence-electron chi connectivity index (χ3n) is 3.16. The molecule has 6 heteroatoms. The first-order valence-electron chi connectivity index (χ1n) is 6.31. The molecule has 2 heterocycles. The summed E-state index contributed by atoms with van der Waals surface area (Å²) in [5.74, 6) is 0.691. The molecule has 0 bridgehead atoms. The number of nitriles is 1. The van der Waals surface area contributed by atoms with E-state index in [1.165, 1.54) is 0 Å². The molecular weight excluding hydrogens is 307 g/mol. The van der Waals surface area contributed by atoms with Crippen molar-refractivity contribution in [2.24, 2.45) is 0 Å². The molecule has 1 aromatic carbocycles. The molecule has 3 aromatic rings. The Balaban J connectivity index is 2.12. The fraction of sp³-hybridized carbons (Fsp3) is 0.133. The number of pyridine rings is 1. The minimum atomic E-state index is 0.229. The molecule has 0 amide bonds. The highest BCUT2D eigenvalue weighted by Crippen LogP contribution is 2.22. The predicted molar refractivity (Wildman–Crippen MR) is 82.4 cm³/mol. The van der Waals surface area contributed by atoms with Crippen LogP contribution in [0.3, 0.4) is 0 Å². The van der Waals surface area contributed by atoms with Crippen LogP contribution in [0.2, 0.25) is 10.2 Å². The summed E-state index contributed by atoms with van der Waals surface area (Å²) in [4.78, 5) is 8.74. The van der Waals surface area contributed by atoms with Gasteiger partial charge in [0.25, 0.3) is 0 Å². The molecular formula is C15H10Cl2N4. The predicted octanol–water partition coefficient (Wildman–Crippen LogP) is 3.85. The van der Waals surface area contributed by atoms with Crippen molar-refractivity contribution in [3.05, 3.63) is 58.1 Å². The van der Waals surface area contributed by atoms with E-state index in [9.17, 15) is 0 Å². The molecule has 2 aromatic heterocycles. The lowest BCUT2D eigenvalue weighted by atomic mass is 10.3. The number of hydrogen-bond acceptors (Lipinski definition) is 3. The van der Waals surface area contributed by atoms with E-state index in [1.807, 2.05) is 28.8 Å². The van der Waals surface area contributed by atoms with Crippen molar-refractivity contribution >= 4 is 34.2 Å². The number of imidazole rings is 1. The summed E-state index contributed by atoms with van der Waals surface area (Å²) >= 11 is 12.1. The number of benzene rings is 1. The minimum Gasteiger partial charge on any atom is -0.321 e. The summed E-state index contributed by atoms with van der Waals surface area (Å²) in [5, 5.41) is 9.90. The third-order valence-corrected chi connectivity index (χ3v) is 3.72. The molecule has 3 rings (SSSR count). The van der Waals surface area contributed by atoms with Crippen molar-refractivity contribution in [2.45, 2.75) is 13.0 Å². The van der Waals surface area contributed by atoms with Crippen LogP contribution in [0.4, 0.5) is 0 Å². The van der Waals surface area contributed by atoms with E-state index < -0.39 is 0 Å². The minimum absolute atomic E-state index is 0.229. The number of aromatic nitrogens is 3. The molecule has 0 saturated carbocycles. The van der Waals surface area contributed by atoms with Gasteiger partial charge in [0, 0.05) is 0 Å². The number of halogens is 2. The first kappa shape index (κ1) is 13.9. The van der Waals surface area contributed by atoms with Crippen LogP contribution in [-0.2, 0) is 13.0 Å². The lowest BCUT2D eigenvalue weighted by Gasteiger charge is -2.09. The van der Waals surface area contributed by atoms with Gasteiger partial charge in [-0.1, -0.05) is 35.3 Å². The Morgan fingerprint density at radius 1 is 1.10 bits per heavy atom. The maximum absolute atomic E-state index is 8.97. The molecule has 0 unspecified atom stereocenters. The number of hydrogen-bond donors (Lipinski definition) is 0. The zero-order valence-corrected chi connectivity index (χ0v) is 12.4. The highest BCUT2D eigenvalue weighted by molar-refractivity contribution is 6.32. The zero-order valence-electron chi connectivity index (χ0n) is 10.9. The van der Waals surface area contributed by atoms with Gasteiger partial charge in [-0.15, -0.1) is 0 Å². The topological polar surface area (TPSA) is 54.5 Å². The molecule has 104 valence electrons. The van der Waals surface area contributed by atoms with Gasteiger partial charge in [-0.2, -0.15) is 5.26 Å². The van der Waals surface area contributed by atoms with Crippen LogP contribution in [0.15, 0.2) is 36.4 Å². The lowest BCUT2D eigenvalue weighted by molar-refractivity contribution is 0.751. The van der Waals surface area contributed by atoms with Gasteiger partial charge < -0.3 is 4.57 Å². The number of nitrogens with zero attached hydrogens (tertiary/aromatic N) is 4. The average Bonchev–Trinajstić information content (AvgIpc) is 2.81. The maximum atomic E-state index is 8.97. The first-order valence-corrected chi connectivity index (χ1v) is 7.06. The Morgan fingerprint density at radius 3 is 2.71 bits per heavy atom. The van der Waals surface area contributed by atoms with E-state index in [1.54, 1.807) is 12.1 Å². The third kappa shape index (κ3) is 2.71. The summed E-state index contributed by atoms with van der Waals surface area (Å²) in [7, 11) is 0. The number of fused-ring (bicyclic) bond motifs is 1. The van der Waals surface area contributed by atoms with Gasteiger partial charge in [-0.3, -0.25) is 0 Å². The van der Waals surface area contributed by atoms with Crippen molar-refractivity contribution in [1.29, 1.82) is 5.26 Å². The lowest BCUT2D eigenvalue weighted by Crippen LogP contribution is -2.07. The van der Waals surface area contributed by atoms with E-state index in [4.69, 9.17) is 28.5 Å². The molecule has 0 aliphatic carbocycles. The molecule has 0 saturated heterocycles. The first-order chi connectivity index (χ1) is 10.2. The van der Waals surface area contributed by atoms with Gasteiger partial charge in [0.2, 0.25) is 0 Å². The van der Waals surface area contributed by atoms with Crippen LogP contribution in [0.25, 0.3) is 11.0 Å². The average molecular weight is 317 g/mol. The molecule has 21 heavy (non-hydrogen) atoms. The summed E-state index contributed by atoms with van der Waals surface area (Å²) in [6.45, 7) is 0.428. The van der Waals surface area contributed by atoms with Gasteiger partial charge in [-0.05, 0) is 24.3 Å². The smallest absolute Gasteiger partial charge is 0.129 e. The SMILES string of the molecule is N#CCc1nc2ccccc2n1Cc1nc(Cl)ccc1Cl. The van der Waals surface area contributed by atoms with Crippen LogP contribution >= 0.6 is 23.2 Å². The van der Waals surface area contributed by atoms with Crippen molar-refractivity contribution in [1.82, 2.24) is 14.5 Å². The van der Waals surface area contributed by atoms with Crippen LogP contribution in [-0.4, -0.2) is 14.5 Å². The zero-order chi connectivity index (χ0) is 14.8. The highest BCUT2D eigenvalue weighted by Gasteiger charge is 2.13. The van der Waals surface area contributed by atoms with Gasteiger partial charge in [0.05, 0.1) is 40.8 Å². The molecule has 4 nitrogen and oxygen atoms in total. The van der Waals surface area contributed by atoms with E-state index in [2.05, 4.69) is 16.0 Å². The van der Waals surface area contributed by atoms with Crippen molar-refractivity contribution in [3.8, 4) is 6.07 Å². The summed E-state index contributed by atoms with van der Waals surface area (Å²) in [5.41, 5.74) is 2.45. The van der Waals surface area contributed by atoms with Crippen molar-refractivity contribution in [2.75, 3.05) is 0 Å². The summed E-state index contributed by atoms with van der Waals surface area (Å²) < 4.78 is 1.95. The standard InChI is InChI=1S/C15H10Cl2N4/c16-10-5-6-14(17)19-12(10)9-21-13-4-2-1-3-11(13)20-15(21)7-8-18/h1-6H,7,9H2. The highest BCUT2D eigenvalue weighted by atomic mass is 35.5. The molecule has 0 atom stereocenters. The monoisotopic (exact) mass is 316 g/mol. The summed E-state index contributed by atoms with van der Waals surface area (Å²) in [6, 6.07) is 13.2. The Labute approximate surface area is 131 Å². The molecule has 0 fully saturated rings. The Bertz CT molecular complexity index is 848. The molecule has 0 N–H and O–H groups in total. The fourth-order valence-corrected chi connectivity index (χ4v) is 2.56. The van der Waals surface area contributed by atoms with Crippen molar-refractivity contribution < 1.29 is 0 Å². The van der Waals surface area contributed by atoms with Gasteiger partial charge in [0.15, 0.2) is 0 Å². The number of rotatable bonds is 3. The van der Waals surface area contributed by atoms with E-state index in [-0.39, 0.29) is 6.42 Å². The molecule has 0 radical (unpaired) electrons. The Kier molecular flexibility index (Phi) is 3.78. The largest absolute Gasteiger partial charge is 0.321 e. The van der Waals surface area contributed by atoms with E-state index in [0.717, 1.165) is 11.0 Å². The Morgan fingerprint density at radius 2 is 1.90 bits per heavy atom. The van der Waals surface area contributed by atoms with Crippen LogP contribution in [0.5, 0.6) is 0 Å². The fourth-order valence-electron chi connectivity index (χ4n) is 2.23. The molecule has 0 aliphatic heterocycles. The normalized spacial score (nSPS) is 10.7. The molecule has 0 aliphatic rings. The maximum Gasteiger partial charge on any atom is 0.129 e. The van der Waals surface area contributed by atoms with E-state index >= 15 is 0 Å². The van der Waals surface area contributed by atoms with Crippen LogP contribution < -0.4 is 0 Å². The second kappa shape index (κ2) is 5.72. The van der Waals surface area contributed by atoms with Gasteiger partial charge in [0.1, 0.15) is 11.0 Å². The van der Waals surface area contributed by atoms with Crippen LogP contribution in [0.1, 0.15) is 11.5 Å². The molecule has 0 spiro atoms. The quantitative estimate of drug-likeness (QED) is 0.689. The Hall–Kier alpha value is -2.09. The second-order valence-electron chi connectivity index (χ2n) is 4.50. The number of para-hydroxylation sites is 2. The van der Waals surface area contributed by atoms with Crippen LogP contribution in [0, 0.1) is 11.3 Å². The van der Waals surface area contributed by atoms with Gasteiger partial charge >= 0.3 is 0 Å².